The van der Waals surface area contributed by atoms with Crippen molar-refractivity contribution in [3.05, 3.63) is 24.3 Å². The van der Waals surface area contributed by atoms with E-state index in [0.29, 0.717) is 4.32 Å². The second-order valence-corrected chi connectivity index (χ2v) is 5.04. The van der Waals surface area contributed by atoms with Crippen molar-refractivity contribution < 1.29 is 4.74 Å². The zero-order valence-corrected chi connectivity index (χ0v) is 11.5. The molecular formula is C12H17N2NaOS2. The number of rotatable bonds is 2. The zero-order valence-electron chi connectivity index (χ0n) is 9.80. The molecule has 1 saturated heterocycles. The molecule has 1 aromatic carbocycles. The Balaban J connectivity index is 0.00000162. The Morgan fingerprint density at radius 1 is 1.22 bits per heavy atom. The summed E-state index contributed by atoms with van der Waals surface area (Å²) in [6.45, 7) is 3.73. The molecule has 0 unspecified atom stereocenters. The second-order valence-electron chi connectivity index (χ2n) is 3.93. The van der Waals surface area contributed by atoms with E-state index in [0.717, 1.165) is 37.6 Å². The van der Waals surface area contributed by atoms with Crippen LogP contribution in [-0.4, -0.2) is 72.1 Å². The number of thiocarbonyl (C=S) groups is 1. The fraction of sp³-hybridized carbons (Fsp3) is 0.417. The molecule has 1 aliphatic heterocycles. The summed E-state index contributed by atoms with van der Waals surface area (Å²) in [5, 5.41) is 0. The van der Waals surface area contributed by atoms with Crippen LogP contribution in [0.2, 0.25) is 0 Å². The van der Waals surface area contributed by atoms with E-state index in [2.05, 4.69) is 28.5 Å². The predicted octanol–water partition coefficient (Wildman–Crippen LogP) is 1.38. The van der Waals surface area contributed by atoms with E-state index in [1.807, 2.05) is 18.2 Å². The molecule has 94 valence electrons. The molecule has 0 bridgehead atoms. The van der Waals surface area contributed by atoms with E-state index in [-0.39, 0.29) is 29.6 Å². The molecule has 1 aliphatic rings. The van der Waals surface area contributed by atoms with Crippen LogP contribution in [0.1, 0.15) is 0 Å². The quantitative estimate of drug-likeness (QED) is 0.503. The molecule has 0 atom stereocenters. The maximum atomic E-state index is 5.38. The Kier molecular flexibility index (Phi) is 6.81. The van der Waals surface area contributed by atoms with Gasteiger partial charge in [0.2, 0.25) is 0 Å². The summed E-state index contributed by atoms with van der Waals surface area (Å²) in [5.41, 5.74) is 1.15. The van der Waals surface area contributed by atoms with E-state index in [1.54, 1.807) is 7.11 Å². The van der Waals surface area contributed by atoms with Crippen molar-refractivity contribution >= 4 is 64.4 Å². The Morgan fingerprint density at radius 2 is 1.83 bits per heavy atom. The van der Waals surface area contributed by atoms with Crippen LogP contribution in [0, 0.1) is 0 Å². The van der Waals surface area contributed by atoms with Crippen LogP contribution in [0.4, 0.5) is 5.69 Å². The fourth-order valence-corrected chi connectivity index (χ4v) is 2.41. The third-order valence-electron chi connectivity index (χ3n) is 2.98. The Bertz CT molecular complexity index is 409. The number of hydrogen-bond donors (Lipinski definition) is 1. The molecule has 0 spiro atoms. The van der Waals surface area contributed by atoms with Gasteiger partial charge in [-0.15, -0.1) is 12.6 Å². The van der Waals surface area contributed by atoms with Gasteiger partial charge in [0.15, 0.2) is 0 Å². The van der Waals surface area contributed by atoms with Gasteiger partial charge in [-0.2, -0.15) is 0 Å². The van der Waals surface area contributed by atoms with Crippen LogP contribution in [0.15, 0.2) is 24.3 Å². The summed E-state index contributed by atoms with van der Waals surface area (Å²) in [4.78, 5) is 4.44. The van der Waals surface area contributed by atoms with Crippen LogP contribution in [0.25, 0.3) is 0 Å². The van der Waals surface area contributed by atoms with Gasteiger partial charge >= 0.3 is 29.6 Å². The first-order valence-electron chi connectivity index (χ1n) is 5.58. The number of ether oxygens (including phenoxy) is 1. The van der Waals surface area contributed by atoms with Gasteiger partial charge in [-0.1, -0.05) is 24.4 Å². The van der Waals surface area contributed by atoms with Crippen molar-refractivity contribution in [2.75, 3.05) is 38.2 Å². The molecule has 0 radical (unpaired) electrons. The Hall–Kier alpha value is 0.0600. The van der Waals surface area contributed by atoms with Crippen LogP contribution < -0.4 is 9.64 Å². The molecule has 0 aliphatic carbocycles. The zero-order chi connectivity index (χ0) is 12.3. The average Bonchev–Trinajstić information content (AvgIpc) is 2.39. The molecule has 1 fully saturated rings. The number of anilines is 1. The van der Waals surface area contributed by atoms with Gasteiger partial charge in [-0.25, -0.2) is 0 Å². The van der Waals surface area contributed by atoms with Gasteiger partial charge in [0.1, 0.15) is 10.1 Å². The molecule has 0 saturated carbocycles. The normalized spacial score (nSPS) is 15.0. The van der Waals surface area contributed by atoms with Crippen molar-refractivity contribution in [2.45, 2.75) is 0 Å². The number of thiol groups is 1. The Labute approximate surface area is 141 Å². The van der Waals surface area contributed by atoms with Gasteiger partial charge in [-0.3, -0.25) is 0 Å². The van der Waals surface area contributed by atoms with Crippen LogP contribution in [-0.2, 0) is 0 Å². The molecule has 2 rings (SSSR count). The molecule has 0 amide bonds. The van der Waals surface area contributed by atoms with Gasteiger partial charge in [0.05, 0.1) is 12.8 Å². The van der Waals surface area contributed by atoms with Crippen molar-refractivity contribution in [1.29, 1.82) is 0 Å². The number of nitrogens with zero attached hydrogens (tertiary/aromatic N) is 2. The maximum absolute atomic E-state index is 5.38. The number of piperazine rings is 1. The summed E-state index contributed by atoms with van der Waals surface area (Å²) < 4.78 is 6.06. The van der Waals surface area contributed by atoms with Crippen LogP contribution in [0.5, 0.6) is 5.75 Å². The number of benzene rings is 1. The molecular weight excluding hydrogens is 275 g/mol. The summed E-state index contributed by atoms with van der Waals surface area (Å²) in [7, 11) is 1.71. The molecule has 0 N–H and O–H groups in total. The van der Waals surface area contributed by atoms with Crippen molar-refractivity contribution in [2.24, 2.45) is 0 Å². The minimum absolute atomic E-state index is 0. The van der Waals surface area contributed by atoms with Gasteiger partial charge in [0.25, 0.3) is 0 Å². The van der Waals surface area contributed by atoms with E-state index < -0.39 is 0 Å². The van der Waals surface area contributed by atoms with Crippen LogP contribution in [0.3, 0.4) is 0 Å². The molecule has 1 heterocycles. The fourth-order valence-electron chi connectivity index (χ4n) is 2.03. The number of methoxy groups -OCH3 is 1. The van der Waals surface area contributed by atoms with Gasteiger partial charge < -0.3 is 14.5 Å². The SMILES string of the molecule is COc1ccccc1N1CCN(C(=S)S)CC1.[NaH]. The summed E-state index contributed by atoms with van der Waals surface area (Å²) >= 11 is 9.28. The predicted molar refractivity (Wildman–Crippen MR) is 85.5 cm³/mol. The minimum atomic E-state index is 0. The van der Waals surface area contributed by atoms with Crippen molar-refractivity contribution in [3.8, 4) is 5.75 Å². The van der Waals surface area contributed by atoms with E-state index in [9.17, 15) is 0 Å². The van der Waals surface area contributed by atoms with E-state index in [1.165, 1.54) is 0 Å². The molecule has 1 aromatic rings. The monoisotopic (exact) mass is 292 g/mol. The molecule has 6 heteroatoms. The van der Waals surface area contributed by atoms with Crippen molar-refractivity contribution in [3.63, 3.8) is 0 Å². The van der Waals surface area contributed by atoms with Gasteiger partial charge in [0, 0.05) is 26.2 Å². The van der Waals surface area contributed by atoms with Crippen molar-refractivity contribution in [1.82, 2.24) is 4.90 Å². The first-order chi connectivity index (χ1) is 8.22. The van der Waals surface area contributed by atoms with Gasteiger partial charge in [-0.05, 0) is 12.1 Å². The molecule has 0 aromatic heterocycles. The number of hydrogen-bond acceptors (Lipinski definition) is 3. The summed E-state index contributed by atoms with van der Waals surface area (Å²) in [6.07, 6.45) is 0. The second kappa shape index (κ2) is 7.60. The first kappa shape index (κ1) is 16.1. The van der Waals surface area contributed by atoms with E-state index >= 15 is 0 Å². The molecule has 18 heavy (non-hydrogen) atoms. The molecule has 3 nitrogen and oxygen atoms in total. The first-order valence-corrected chi connectivity index (χ1v) is 6.44. The average molecular weight is 292 g/mol. The van der Waals surface area contributed by atoms with E-state index in [4.69, 9.17) is 17.0 Å². The topological polar surface area (TPSA) is 15.7 Å². The summed E-state index contributed by atoms with van der Waals surface area (Å²) in [5.74, 6) is 0.925. The van der Waals surface area contributed by atoms with Crippen LogP contribution >= 0.6 is 24.8 Å². The standard InChI is InChI=1S/C12H16N2OS2.Na.H/c1-15-11-5-3-2-4-10(11)13-6-8-14(9-7-13)12(16)17;;/h2-5H,6-9H2,1H3,(H,16,17);;. The third-order valence-corrected chi connectivity index (χ3v) is 3.52. The number of para-hydroxylation sites is 2. The summed E-state index contributed by atoms with van der Waals surface area (Å²) in [6, 6.07) is 8.10. The Morgan fingerprint density at radius 3 is 2.39 bits per heavy atom. The third kappa shape index (κ3) is 3.78.